The van der Waals surface area contributed by atoms with E-state index in [4.69, 9.17) is 0 Å². The maximum Gasteiger partial charge on any atom is 0.102 e. The van der Waals surface area contributed by atoms with Crippen molar-refractivity contribution in [1.29, 1.82) is 0 Å². The Balaban J connectivity index is 2.26. The first-order valence-corrected chi connectivity index (χ1v) is 6.79. The monoisotopic (exact) mass is 246 g/mol. The molecule has 0 aliphatic carbocycles. The molecule has 1 atom stereocenters. The molecule has 2 heteroatoms. The van der Waals surface area contributed by atoms with Gasteiger partial charge in [0, 0.05) is 16.2 Å². The lowest BCUT2D eigenvalue weighted by atomic mass is 9.90. The van der Waals surface area contributed by atoms with Crippen LogP contribution in [-0.2, 0) is 12.0 Å². The van der Waals surface area contributed by atoms with Gasteiger partial charge in [-0.1, -0.05) is 37.3 Å². The van der Waals surface area contributed by atoms with E-state index in [9.17, 15) is 5.11 Å². The van der Waals surface area contributed by atoms with E-state index in [1.165, 1.54) is 10.4 Å². The molecule has 0 spiro atoms. The third-order valence-electron chi connectivity index (χ3n) is 3.12. The van der Waals surface area contributed by atoms with Crippen molar-refractivity contribution in [3.05, 3.63) is 57.8 Å². The number of rotatable bonds is 4. The number of aliphatic hydroxyl groups is 1. The van der Waals surface area contributed by atoms with Crippen LogP contribution in [0, 0.1) is 6.92 Å². The molecular weight excluding hydrogens is 228 g/mol. The van der Waals surface area contributed by atoms with E-state index in [1.807, 2.05) is 31.2 Å². The summed E-state index contributed by atoms with van der Waals surface area (Å²) in [6.07, 6.45) is 1.42. The molecule has 0 saturated carbocycles. The first-order valence-electron chi connectivity index (χ1n) is 5.97. The lowest BCUT2D eigenvalue weighted by molar-refractivity contribution is 0.0365. The SMILES string of the molecule is CCC(O)(Cc1ccccc1)c1ccc(C)s1. The number of aryl methyl sites for hydroxylation is 1. The minimum atomic E-state index is -0.722. The maximum atomic E-state index is 10.8. The molecule has 2 rings (SSSR count). The van der Waals surface area contributed by atoms with Crippen molar-refractivity contribution in [2.45, 2.75) is 32.3 Å². The molecule has 90 valence electrons. The third kappa shape index (κ3) is 2.76. The summed E-state index contributed by atoms with van der Waals surface area (Å²) in [6.45, 7) is 4.12. The van der Waals surface area contributed by atoms with Crippen molar-refractivity contribution in [3.63, 3.8) is 0 Å². The molecule has 2 aromatic rings. The second-order valence-corrected chi connectivity index (χ2v) is 5.75. The molecule has 0 bridgehead atoms. The highest BCUT2D eigenvalue weighted by Crippen LogP contribution is 2.33. The predicted molar refractivity (Wildman–Crippen MR) is 73.4 cm³/mol. The summed E-state index contributed by atoms with van der Waals surface area (Å²) in [5.74, 6) is 0. The van der Waals surface area contributed by atoms with Crippen molar-refractivity contribution < 1.29 is 5.11 Å². The number of hydrogen-bond acceptors (Lipinski definition) is 2. The minimum absolute atomic E-state index is 0.685. The van der Waals surface area contributed by atoms with Crippen LogP contribution < -0.4 is 0 Å². The van der Waals surface area contributed by atoms with Gasteiger partial charge in [-0.25, -0.2) is 0 Å². The zero-order valence-electron chi connectivity index (χ0n) is 10.3. The Morgan fingerprint density at radius 2 is 1.82 bits per heavy atom. The van der Waals surface area contributed by atoms with Gasteiger partial charge >= 0.3 is 0 Å². The first-order chi connectivity index (χ1) is 8.14. The first kappa shape index (κ1) is 12.3. The topological polar surface area (TPSA) is 20.2 Å². The van der Waals surface area contributed by atoms with Crippen LogP contribution in [0.1, 0.15) is 28.7 Å². The Morgan fingerprint density at radius 1 is 1.12 bits per heavy atom. The Labute approximate surface area is 107 Å². The zero-order valence-corrected chi connectivity index (χ0v) is 11.1. The van der Waals surface area contributed by atoms with E-state index in [0.29, 0.717) is 6.42 Å². The van der Waals surface area contributed by atoms with Crippen LogP contribution >= 0.6 is 11.3 Å². The van der Waals surface area contributed by atoms with E-state index in [0.717, 1.165) is 11.3 Å². The van der Waals surface area contributed by atoms with Gasteiger partial charge in [-0.05, 0) is 31.0 Å². The largest absolute Gasteiger partial charge is 0.384 e. The highest BCUT2D eigenvalue weighted by Gasteiger charge is 2.28. The van der Waals surface area contributed by atoms with Gasteiger partial charge in [0.15, 0.2) is 0 Å². The van der Waals surface area contributed by atoms with Crippen LogP contribution in [0.25, 0.3) is 0 Å². The van der Waals surface area contributed by atoms with E-state index >= 15 is 0 Å². The van der Waals surface area contributed by atoms with Crippen LogP contribution in [0.2, 0.25) is 0 Å². The van der Waals surface area contributed by atoms with E-state index in [1.54, 1.807) is 11.3 Å². The molecule has 1 N–H and O–H groups in total. The predicted octanol–water partition coefficient (Wildman–Crippen LogP) is 3.90. The summed E-state index contributed by atoms with van der Waals surface area (Å²) in [4.78, 5) is 2.32. The number of hydrogen-bond donors (Lipinski definition) is 1. The number of thiophene rings is 1. The molecule has 17 heavy (non-hydrogen) atoms. The molecule has 1 aromatic carbocycles. The van der Waals surface area contributed by atoms with Gasteiger partial charge in [0.2, 0.25) is 0 Å². The highest BCUT2D eigenvalue weighted by molar-refractivity contribution is 7.12. The molecule has 1 nitrogen and oxygen atoms in total. The van der Waals surface area contributed by atoms with Crippen LogP contribution in [0.15, 0.2) is 42.5 Å². The normalized spacial score (nSPS) is 14.5. The van der Waals surface area contributed by atoms with E-state index in [2.05, 4.69) is 25.1 Å². The van der Waals surface area contributed by atoms with Crippen LogP contribution in [0.3, 0.4) is 0 Å². The summed E-state index contributed by atoms with van der Waals surface area (Å²) in [6, 6.07) is 14.3. The van der Waals surface area contributed by atoms with E-state index < -0.39 is 5.60 Å². The highest BCUT2D eigenvalue weighted by atomic mass is 32.1. The van der Waals surface area contributed by atoms with Crippen molar-refractivity contribution in [1.82, 2.24) is 0 Å². The molecule has 1 unspecified atom stereocenters. The Hall–Kier alpha value is -1.12. The van der Waals surface area contributed by atoms with Gasteiger partial charge in [-0.15, -0.1) is 11.3 Å². The standard InChI is InChI=1S/C15H18OS/c1-3-15(16,14-10-9-12(2)17-14)11-13-7-5-4-6-8-13/h4-10,16H,3,11H2,1-2H3. The fraction of sp³-hybridized carbons (Fsp3) is 0.333. The summed E-state index contributed by atoms with van der Waals surface area (Å²) in [5.41, 5.74) is 0.461. The maximum absolute atomic E-state index is 10.8. The van der Waals surface area contributed by atoms with Crippen molar-refractivity contribution in [2.24, 2.45) is 0 Å². The molecule has 0 amide bonds. The summed E-state index contributed by atoms with van der Waals surface area (Å²) < 4.78 is 0. The average molecular weight is 246 g/mol. The molecule has 0 aliphatic rings. The Kier molecular flexibility index (Phi) is 3.65. The molecule has 0 aliphatic heterocycles. The zero-order chi connectivity index (χ0) is 12.3. The fourth-order valence-electron chi connectivity index (χ4n) is 2.00. The molecule has 1 aromatic heterocycles. The van der Waals surface area contributed by atoms with Crippen molar-refractivity contribution in [3.8, 4) is 0 Å². The molecular formula is C15H18OS. The van der Waals surface area contributed by atoms with Gasteiger partial charge < -0.3 is 5.11 Å². The molecule has 0 saturated heterocycles. The second-order valence-electron chi connectivity index (χ2n) is 4.46. The Bertz CT molecular complexity index is 475. The number of benzene rings is 1. The lowest BCUT2D eigenvalue weighted by Gasteiger charge is -2.25. The van der Waals surface area contributed by atoms with Gasteiger partial charge in [0.1, 0.15) is 5.60 Å². The second kappa shape index (κ2) is 5.03. The lowest BCUT2D eigenvalue weighted by Crippen LogP contribution is -2.26. The van der Waals surface area contributed by atoms with Gasteiger partial charge in [-0.2, -0.15) is 0 Å². The summed E-state index contributed by atoms with van der Waals surface area (Å²) >= 11 is 1.69. The molecule has 1 heterocycles. The van der Waals surface area contributed by atoms with Gasteiger partial charge in [-0.3, -0.25) is 0 Å². The Morgan fingerprint density at radius 3 is 2.35 bits per heavy atom. The van der Waals surface area contributed by atoms with Gasteiger partial charge in [0.25, 0.3) is 0 Å². The smallest absolute Gasteiger partial charge is 0.102 e. The van der Waals surface area contributed by atoms with Crippen LogP contribution in [-0.4, -0.2) is 5.11 Å². The summed E-state index contributed by atoms with van der Waals surface area (Å²) in [7, 11) is 0. The van der Waals surface area contributed by atoms with Crippen LogP contribution in [0.5, 0.6) is 0 Å². The quantitative estimate of drug-likeness (QED) is 0.867. The van der Waals surface area contributed by atoms with Gasteiger partial charge in [0.05, 0.1) is 0 Å². The summed E-state index contributed by atoms with van der Waals surface area (Å²) in [5, 5.41) is 10.8. The van der Waals surface area contributed by atoms with Crippen molar-refractivity contribution in [2.75, 3.05) is 0 Å². The molecule has 0 fully saturated rings. The fourth-order valence-corrected chi connectivity index (χ4v) is 3.03. The third-order valence-corrected chi connectivity index (χ3v) is 4.32. The molecule has 0 radical (unpaired) electrons. The van der Waals surface area contributed by atoms with E-state index in [-0.39, 0.29) is 0 Å². The average Bonchev–Trinajstić information content (AvgIpc) is 2.78. The van der Waals surface area contributed by atoms with Crippen molar-refractivity contribution >= 4 is 11.3 Å². The van der Waals surface area contributed by atoms with Crippen LogP contribution in [0.4, 0.5) is 0 Å². The minimum Gasteiger partial charge on any atom is -0.384 e.